The molecule has 0 bridgehead atoms. The van der Waals surface area contributed by atoms with E-state index in [1.807, 2.05) is 6.92 Å². The molecule has 1 aromatic heterocycles. The average Bonchev–Trinajstić information content (AvgIpc) is 2.84. The Hall–Kier alpha value is -2.44. The van der Waals surface area contributed by atoms with Crippen LogP contribution in [0.25, 0.3) is 0 Å². The Morgan fingerprint density at radius 2 is 2.19 bits per heavy atom. The van der Waals surface area contributed by atoms with Crippen LogP contribution in [0.15, 0.2) is 22.7 Å². The number of hydrogen-bond acceptors (Lipinski definition) is 6. The minimum Gasteiger partial charge on any atom is -0.376 e. The molecule has 0 saturated heterocycles. The second kappa shape index (κ2) is 6.34. The smallest absolute Gasteiger partial charge is 0.271 e. The molecular formula is C14H18N4O3. The molecule has 2 aromatic rings. The molecule has 0 atom stereocenters. The number of hydrogen-bond donors (Lipinski definition) is 1. The van der Waals surface area contributed by atoms with Gasteiger partial charge in [0.25, 0.3) is 5.69 Å². The Kier molecular flexibility index (Phi) is 4.52. The Bertz CT molecular complexity index is 637. The van der Waals surface area contributed by atoms with Crippen molar-refractivity contribution in [2.45, 2.75) is 33.7 Å². The molecule has 112 valence electrons. The van der Waals surface area contributed by atoms with Gasteiger partial charge in [0.1, 0.15) is 0 Å². The van der Waals surface area contributed by atoms with Crippen molar-refractivity contribution in [3.8, 4) is 0 Å². The standard InChI is InChI=1S/C14H18N4O3/c1-9(2)6-13-16-14(21-17-13)8-15-12-7-11(18(19)20)5-4-10(12)3/h4-5,7,9,15H,6,8H2,1-3H3. The number of nitrogens with zero attached hydrogens (tertiary/aromatic N) is 3. The lowest BCUT2D eigenvalue weighted by molar-refractivity contribution is -0.384. The molecule has 7 nitrogen and oxygen atoms in total. The first-order chi connectivity index (χ1) is 9.95. The lowest BCUT2D eigenvalue weighted by Crippen LogP contribution is -2.03. The minimum absolute atomic E-state index is 0.0501. The lowest BCUT2D eigenvalue weighted by atomic mass is 10.1. The summed E-state index contributed by atoms with van der Waals surface area (Å²) in [5, 5.41) is 17.8. The average molecular weight is 290 g/mol. The Morgan fingerprint density at radius 3 is 2.86 bits per heavy atom. The second-order valence-corrected chi connectivity index (χ2v) is 5.31. The number of nitro groups is 1. The predicted octanol–water partition coefficient (Wildman–Crippen LogP) is 3.10. The van der Waals surface area contributed by atoms with E-state index in [4.69, 9.17) is 4.52 Å². The summed E-state index contributed by atoms with van der Waals surface area (Å²) in [6.07, 6.45) is 0.763. The largest absolute Gasteiger partial charge is 0.376 e. The summed E-state index contributed by atoms with van der Waals surface area (Å²) in [5.41, 5.74) is 1.66. The quantitative estimate of drug-likeness (QED) is 0.649. The van der Waals surface area contributed by atoms with Crippen molar-refractivity contribution in [1.29, 1.82) is 0 Å². The van der Waals surface area contributed by atoms with Gasteiger partial charge < -0.3 is 9.84 Å². The van der Waals surface area contributed by atoms with Gasteiger partial charge in [0.05, 0.1) is 11.5 Å². The molecular weight excluding hydrogens is 272 g/mol. The van der Waals surface area contributed by atoms with E-state index in [-0.39, 0.29) is 5.69 Å². The lowest BCUT2D eigenvalue weighted by Gasteiger charge is -2.06. The van der Waals surface area contributed by atoms with Crippen LogP contribution in [-0.4, -0.2) is 15.1 Å². The summed E-state index contributed by atoms with van der Waals surface area (Å²) in [4.78, 5) is 14.6. The van der Waals surface area contributed by atoms with Crippen molar-refractivity contribution in [1.82, 2.24) is 10.1 Å². The van der Waals surface area contributed by atoms with Gasteiger partial charge in [-0.2, -0.15) is 4.98 Å². The number of rotatable bonds is 6. The summed E-state index contributed by atoms with van der Waals surface area (Å²) < 4.78 is 5.15. The number of nitrogens with one attached hydrogen (secondary N) is 1. The number of aromatic nitrogens is 2. The minimum atomic E-state index is -0.419. The summed E-state index contributed by atoms with van der Waals surface area (Å²) in [6.45, 7) is 6.39. The van der Waals surface area contributed by atoms with Crippen LogP contribution < -0.4 is 5.32 Å². The highest BCUT2D eigenvalue weighted by molar-refractivity contribution is 5.56. The number of anilines is 1. The molecule has 0 saturated carbocycles. The maximum Gasteiger partial charge on any atom is 0.271 e. The van der Waals surface area contributed by atoms with Gasteiger partial charge in [-0.05, 0) is 18.4 Å². The van der Waals surface area contributed by atoms with Gasteiger partial charge in [-0.1, -0.05) is 25.1 Å². The van der Waals surface area contributed by atoms with E-state index in [0.29, 0.717) is 29.9 Å². The van der Waals surface area contributed by atoms with Crippen LogP contribution in [0.3, 0.4) is 0 Å². The first-order valence-electron chi connectivity index (χ1n) is 6.76. The molecule has 7 heteroatoms. The highest BCUT2D eigenvalue weighted by Gasteiger charge is 2.11. The molecule has 1 aromatic carbocycles. The van der Waals surface area contributed by atoms with Crippen molar-refractivity contribution in [3.63, 3.8) is 0 Å². The van der Waals surface area contributed by atoms with Crippen LogP contribution in [0.5, 0.6) is 0 Å². The molecule has 0 amide bonds. The SMILES string of the molecule is Cc1ccc([N+](=O)[O-])cc1NCc1nc(CC(C)C)no1. The fourth-order valence-corrected chi connectivity index (χ4v) is 1.89. The number of benzene rings is 1. The van der Waals surface area contributed by atoms with Gasteiger partial charge in [0, 0.05) is 24.2 Å². The maximum absolute atomic E-state index is 10.8. The molecule has 0 spiro atoms. The number of non-ortho nitro benzene ring substituents is 1. The summed E-state index contributed by atoms with van der Waals surface area (Å²) in [7, 11) is 0. The van der Waals surface area contributed by atoms with Crippen LogP contribution in [-0.2, 0) is 13.0 Å². The molecule has 1 N–H and O–H groups in total. The summed E-state index contributed by atoms with van der Waals surface area (Å²) >= 11 is 0. The third-order valence-electron chi connectivity index (χ3n) is 2.96. The van der Waals surface area contributed by atoms with Crippen molar-refractivity contribution in [2.75, 3.05) is 5.32 Å². The second-order valence-electron chi connectivity index (χ2n) is 5.31. The van der Waals surface area contributed by atoms with Crippen molar-refractivity contribution < 1.29 is 9.45 Å². The zero-order valence-corrected chi connectivity index (χ0v) is 12.3. The van der Waals surface area contributed by atoms with E-state index in [2.05, 4.69) is 29.3 Å². The molecule has 0 fully saturated rings. The maximum atomic E-state index is 10.8. The highest BCUT2D eigenvalue weighted by Crippen LogP contribution is 2.22. The van der Waals surface area contributed by atoms with Gasteiger partial charge in [0.2, 0.25) is 5.89 Å². The van der Waals surface area contributed by atoms with Gasteiger partial charge in [-0.3, -0.25) is 10.1 Å². The summed E-state index contributed by atoms with van der Waals surface area (Å²) in [5.74, 6) is 1.61. The fourth-order valence-electron chi connectivity index (χ4n) is 1.89. The van der Waals surface area contributed by atoms with Crippen LogP contribution in [0.2, 0.25) is 0 Å². The zero-order valence-electron chi connectivity index (χ0n) is 12.3. The fraction of sp³-hybridized carbons (Fsp3) is 0.429. The number of aryl methyl sites for hydroxylation is 1. The van der Waals surface area contributed by atoms with Crippen molar-refractivity contribution in [2.24, 2.45) is 5.92 Å². The molecule has 0 aliphatic rings. The normalized spacial score (nSPS) is 10.9. The third-order valence-corrected chi connectivity index (χ3v) is 2.96. The molecule has 21 heavy (non-hydrogen) atoms. The van der Waals surface area contributed by atoms with E-state index < -0.39 is 4.92 Å². The first-order valence-corrected chi connectivity index (χ1v) is 6.76. The Labute approximate surface area is 122 Å². The van der Waals surface area contributed by atoms with E-state index in [1.54, 1.807) is 6.07 Å². The highest BCUT2D eigenvalue weighted by atomic mass is 16.6. The monoisotopic (exact) mass is 290 g/mol. The van der Waals surface area contributed by atoms with E-state index in [1.165, 1.54) is 12.1 Å². The number of nitro benzene ring substituents is 1. The van der Waals surface area contributed by atoms with Crippen molar-refractivity contribution in [3.05, 3.63) is 45.6 Å². The van der Waals surface area contributed by atoms with Crippen LogP contribution in [0, 0.1) is 23.0 Å². The van der Waals surface area contributed by atoms with Crippen molar-refractivity contribution >= 4 is 11.4 Å². The molecule has 0 aliphatic carbocycles. The molecule has 0 unspecified atom stereocenters. The topological polar surface area (TPSA) is 94.1 Å². The zero-order chi connectivity index (χ0) is 15.4. The molecule has 0 radical (unpaired) electrons. The van der Waals surface area contributed by atoms with Crippen LogP contribution in [0.1, 0.15) is 31.1 Å². The van der Waals surface area contributed by atoms with Crippen LogP contribution in [0.4, 0.5) is 11.4 Å². The first kappa shape index (κ1) is 15.0. The summed E-state index contributed by atoms with van der Waals surface area (Å²) in [6, 6.07) is 4.69. The molecule has 0 aliphatic heterocycles. The third kappa shape index (κ3) is 4.01. The predicted molar refractivity (Wildman–Crippen MR) is 78.0 cm³/mol. The van der Waals surface area contributed by atoms with Crippen LogP contribution >= 0.6 is 0 Å². The van der Waals surface area contributed by atoms with E-state index in [0.717, 1.165) is 12.0 Å². The van der Waals surface area contributed by atoms with Gasteiger partial charge in [-0.25, -0.2) is 0 Å². The Morgan fingerprint density at radius 1 is 1.43 bits per heavy atom. The molecule has 1 heterocycles. The molecule has 2 rings (SSSR count). The van der Waals surface area contributed by atoms with Gasteiger partial charge in [-0.15, -0.1) is 0 Å². The van der Waals surface area contributed by atoms with E-state index >= 15 is 0 Å². The van der Waals surface area contributed by atoms with E-state index in [9.17, 15) is 10.1 Å². The van der Waals surface area contributed by atoms with Gasteiger partial charge >= 0.3 is 0 Å². The van der Waals surface area contributed by atoms with Gasteiger partial charge in [0.15, 0.2) is 5.82 Å². The Balaban J connectivity index is 2.04.